The zero-order valence-electron chi connectivity index (χ0n) is 14.6. The van der Waals surface area contributed by atoms with Gasteiger partial charge in [0.1, 0.15) is 11.6 Å². The van der Waals surface area contributed by atoms with E-state index in [1.807, 2.05) is 18.2 Å². The largest absolute Gasteiger partial charge is 0.370 e. The Labute approximate surface area is 162 Å². The van der Waals surface area contributed by atoms with Crippen molar-refractivity contribution in [3.05, 3.63) is 88.8 Å². The minimum absolute atomic E-state index is 0.0668. The lowest BCUT2D eigenvalue weighted by atomic mass is 10.1. The first-order chi connectivity index (χ1) is 13.1. The molecule has 0 bridgehead atoms. The number of benzene rings is 2. The molecule has 3 aromatic rings. The summed E-state index contributed by atoms with van der Waals surface area (Å²) in [5.41, 5.74) is 1.59. The maximum absolute atomic E-state index is 13.8. The van der Waals surface area contributed by atoms with Crippen molar-refractivity contribution < 1.29 is 9.18 Å². The number of hydrogen-bond acceptors (Lipinski definition) is 3. The first-order valence-corrected chi connectivity index (χ1v) is 9.00. The minimum Gasteiger partial charge on any atom is -0.370 e. The molecule has 0 aliphatic rings. The van der Waals surface area contributed by atoms with E-state index in [0.29, 0.717) is 11.5 Å². The number of carbonyl (C=O) groups is 1. The highest BCUT2D eigenvalue weighted by atomic mass is 35.5. The van der Waals surface area contributed by atoms with Crippen molar-refractivity contribution in [2.45, 2.75) is 12.8 Å². The SMILES string of the molecule is O=C(Nc1ccc(NCCCc2ccccc2)nc1)c1c(F)cccc1Cl. The van der Waals surface area contributed by atoms with Crippen LogP contribution in [0, 0.1) is 5.82 Å². The summed E-state index contributed by atoms with van der Waals surface area (Å²) in [5.74, 6) is -0.557. The molecule has 0 unspecified atom stereocenters. The Kier molecular flexibility index (Phi) is 6.39. The minimum atomic E-state index is -0.662. The van der Waals surface area contributed by atoms with Crippen LogP contribution in [0.1, 0.15) is 22.3 Å². The van der Waals surface area contributed by atoms with Crippen molar-refractivity contribution in [1.82, 2.24) is 4.98 Å². The van der Waals surface area contributed by atoms with E-state index in [9.17, 15) is 9.18 Å². The van der Waals surface area contributed by atoms with Crippen LogP contribution < -0.4 is 10.6 Å². The maximum atomic E-state index is 13.8. The Morgan fingerprint density at radius 1 is 1.04 bits per heavy atom. The molecule has 2 aromatic carbocycles. The highest BCUT2D eigenvalue weighted by Gasteiger charge is 2.15. The zero-order chi connectivity index (χ0) is 19.1. The summed E-state index contributed by atoms with van der Waals surface area (Å²) in [5, 5.41) is 5.91. The Hall–Kier alpha value is -2.92. The molecule has 2 N–H and O–H groups in total. The molecule has 4 nitrogen and oxygen atoms in total. The quantitative estimate of drug-likeness (QED) is 0.553. The molecule has 0 spiro atoms. The summed E-state index contributed by atoms with van der Waals surface area (Å²) < 4.78 is 13.8. The summed E-state index contributed by atoms with van der Waals surface area (Å²) in [6.07, 6.45) is 3.49. The van der Waals surface area contributed by atoms with Crippen LogP contribution in [0.15, 0.2) is 66.9 Å². The molecule has 1 amide bonds. The third-order valence-corrected chi connectivity index (χ3v) is 4.32. The van der Waals surface area contributed by atoms with E-state index in [2.05, 4.69) is 27.8 Å². The number of aromatic nitrogens is 1. The second-order valence-electron chi connectivity index (χ2n) is 6.00. The second-order valence-corrected chi connectivity index (χ2v) is 6.41. The number of halogens is 2. The van der Waals surface area contributed by atoms with Crippen LogP contribution in [-0.2, 0) is 6.42 Å². The van der Waals surface area contributed by atoms with Gasteiger partial charge in [-0.15, -0.1) is 0 Å². The number of rotatable bonds is 7. The fourth-order valence-electron chi connectivity index (χ4n) is 2.63. The fraction of sp³-hybridized carbons (Fsp3) is 0.143. The third kappa shape index (κ3) is 5.28. The summed E-state index contributed by atoms with van der Waals surface area (Å²) in [4.78, 5) is 16.5. The summed E-state index contributed by atoms with van der Waals surface area (Å²) in [7, 11) is 0. The average Bonchev–Trinajstić information content (AvgIpc) is 2.67. The Balaban J connectivity index is 1.50. The molecule has 0 radical (unpaired) electrons. The van der Waals surface area contributed by atoms with Gasteiger partial charge < -0.3 is 10.6 Å². The van der Waals surface area contributed by atoms with E-state index in [1.165, 1.54) is 30.0 Å². The number of aryl methyl sites for hydroxylation is 1. The van der Waals surface area contributed by atoms with Crippen LogP contribution in [0.2, 0.25) is 5.02 Å². The smallest absolute Gasteiger partial charge is 0.260 e. The standard InChI is InChI=1S/C21H19ClFN3O/c22-17-9-4-10-18(23)20(17)21(27)26-16-11-12-19(25-14-16)24-13-5-8-15-6-2-1-3-7-15/h1-4,6-7,9-12,14H,5,8,13H2,(H,24,25)(H,26,27). The van der Waals surface area contributed by atoms with Gasteiger partial charge in [-0.1, -0.05) is 48.0 Å². The highest BCUT2D eigenvalue weighted by Crippen LogP contribution is 2.20. The number of hydrogen-bond donors (Lipinski definition) is 2. The number of anilines is 2. The molecule has 6 heteroatoms. The lowest BCUT2D eigenvalue weighted by Crippen LogP contribution is -2.14. The molecule has 0 aliphatic carbocycles. The summed E-state index contributed by atoms with van der Waals surface area (Å²) in [6, 6.07) is 17.9. The van der Waals surface area contributed by atoms with Crippen LogP contribution in [0.4, 0.5) is 15.9 Å². The molecule has 1 heterocycles. The van der Waals surface area contributed by atoms with Crippen LogP contribution in [0.3, 0.4) is 0 Å². The summed E-state index contributed by atoms with van der Waals surface area (Å²) >= 11 is 5.90. The first-order valence-electron chi connectivity index (χ1n) is 8.63. The topological polar surface area (TPSA) is 54.0 Å². The van der Waals surface area contributed by atoms with Crippen LogP contribution in [0.25, 0.3) is 0 Å². The normalized spacial score (nSPS) is 10.4. The van der Waals surface area contributed by atoms with Gasteiger partial charge in [0.05, 0.1) is 22.5 Å². The number of nitrogens with zero attached hydrogens (tertiary/aromatic N) is 1. The predicted molar refractivity (Wildman–Crippen MR) is 107 cm³/mol. The van der Waals surface area contributed by atoms with Gasteiger partial charge in [-0.3, -0.25) is 4.79 Å². The fourth-order valence-corrected chi connectivity index (χ4v) is 2.88. The lowest BCUT2D eigenvalue weighted by molar-refractivity contribution is 0.102. The Morgan fingerprint density at radius 2 is 1.85 bits per heavy atom. The van der Waals surface area contributed by atoms with E-state index < -0.39 is 11.7 Å². The number of carbonyl (C=O) groups excluding carboxylic acids is 1. The van der Waals surface area contributed by atoms with Gasteiger partial charge in [0, 0.05) is 6.54 Å². The van der Waals surface area contributed by atoms with Crippen LogP contribution >= 0.6 is 11.6 Å². The van der Waals surface area contributed by atoms with Crippen molar-refractivity contribution in [2.75, 3.05) is 17.2 Å². The van der Waals surface area contributed by atoms with Gasteiger partial charge in [0.15, 0.2) is 0 Å². The second kappa shape index (κ2) is 9.14. The van der Waals surface area contributed by atoms with Crippen LogP contribution in [0.5, 0.6) is 0 Å². The number of nitrogens with one attached hydrogen (secondary N) is 2. The van der Waals surface area contributed by atoms with Gasteiger partial charge in [0.2, 0.25) is 0 Å². The van der Waals surface area contributed by atoms with Crippen LogP contribution in [-0.4, -0.2) is 17.4 Å². The van der Waals surface area contributed by atoms with E-state index in [-0.39, 0.29) is 10.6 Å². The van der Waals surface area contributed by atoms with Gasteiger partial charge >= 0.3 is 0 Å². The number of amides is 1. The maximum Gasteiger partial charge on any atom is 0.260 e. The van der Waals surface area contributed by atoms with Crippen molar-refractivity contribution in [3.8, 4) is 0 Å². The Morgan fingerprint density at radius 3 is 2.56 bits per heavy atom. The van der Waals surface area contributed by atoms with E-state index in [4.69, 9.17) is 11.6 Å². The van der Waals surface area contributed by atoms with Gasteiger partial charge in [-0.2, -0.15) is 0 Å². The van der Waals surface area contributed by atoms with Crippen molar-refractivity contribution in [2.24, 2.45) is 0 Å². The molecule has 1 aromatic heterocycles. The molecule has 0 atom stereocenters. The predicted octanol–water partition coefficient (Wildman–Crippen LogP) is 5.17. The molecular weight excluding hydrogens is 365 g/mol. The van der Waals surface area contributed by atoms with E-state index >= 15 is 0 Å². The zero-order valence-corrected chi connectivity index (χ0v) is 15.3. The summed E-state index contributed by atoms with van der Waals surface area (Å²) in [6.45, 7) is 0.790. The molecule has 0 saturated carbocycles. The molecule has 3 rings (SSSR count). The van der Waals surface area contributed by atoms with Crippen molar-refractivity contribution in [1.29, 1.82) is 0 Å². The van der Waals surface area contributed by atoms with E-state index in [1.54, 1.807) is 12.1 Å². The molecule has 138 valence electrons. The third-order valence-electron chi connectivity index (χ3n) is 4.00. The Bertz CT molecular complexity index is 881. The molecule has 0 saturated heterocycles. The average molecular weight is 384 g/mol. The first kappa shape index (κ1) is 18.9. The van der Waals surface area contributed by atoms with Gasteiger partial charge in [-0.05, 0) is 42.7 Å². The van der Waals surface area contributed by atoms with E-state index in [0.717, 1.165) is 19.4 Å². The van der Waals surface area contributed by atoms with Crippen molar-refractivity contribution >= 4 is 29.0 Å². The number of pyridine rings is 1. The molecule has 0 aliphatic heterocycles. The molecule has 27 heavy (non-hydrogen) atoms. The molecule has 0 fully saturated rings. The van der Waals surface area contributed by atoms with Crippen molar-refractivity contribution in [3.63, 3.8) is 0 Å². The van der Waals surface area contributed by atoms with Gasteiger partial charge in [0.25, 0.3) is 5.91 Å². The highest BCUT2D eigenvalue weighted by molar-refractivity contribution is 6.34. The lowest BCUT2D eigenvalue weighted by Gasteiger charge is -2.09. The monoisotopic (exact) mass is 383 g/mol. The molecular formula is C21H19ClFN3O. The van der Waals surface area contributed by atoms with Gasteiger partial charge in [-0.25, -0.2) is 9.37 Å².